The summed E-state index contributed by atoms with van der Waals surface area (Å²) in [5.74, 6) is 0.967. The molecule has 0 amide bonds. The summed E-state index contributed by atoms with van der Waals surface area (Å²) >= 11 is 6.90. The number of rotatable bonds is 2. The molecule has 0 atom stereocenters. The summed E-state index contributed by atoms with van der Waals surface area (Å²) in [5, 5.41) is 70.4. The Morgan fingerprint density at radius 3 is 1.15 bits per heavy atom. The standard InChI is InChI=1S/C36H26O8S4/c37-17-9-13(35-45-3-1-4-46-35)7-15-23(17)33(43)29-21(41)11-19(39)27-28-20(40)12-22(42)30-32(28)26(25(15)31(27)29)16-8-14(36-47-5-2-6-48-36)10-18(38)24(16)34(30)44/h7-12,35-36,39-44H,1-6H2. The van der Waals surface area contributed by atoms with E-state index in [-0.39, 0.29) is 52.3 Å². The molecule has 0 spiro atoms. The van der Waals surface area contributed by atoms with E-state index in [1.165, 1.54) is 12.1 Å². The third kappa shape index (κ3) is 4.09. The highest BCUT2D eigenvalue weighted by Gasteiger charge is 2.31. The van der Waals surface area contributed by atoms with Crippen LogP contribution in [-0.4, -0.2) is 53.7 Å². The fourth-order valence-electron chi connectivity index (χ4n) is 7.62. The molecular formula is C36H26O8S4. The number of thioether (sulfide) groups is 4. The predicted molar refractivity (Wildman–Crippen MR) is 201 cm³/mol. The number of phenolic OH excluding ortho intramolecular Hbond substituents is 6. The topological polar surface area (TPSA) is 156 Å². The van der Waals surface area contributed by atoms with Crippen LogP contribution in [0.3, 0.4) is 0 Å². The largest absolute Gasteiger partial charge is 0.507 e. The van der Waals surface area contributed by atoms with Gasteiger partial charge < -0.3 is 30.6 Å². The van der Waals surface area contributed by atoms with Crippen molar-refractivity contribution >= 4 is 112 Å². The number of benzene rings is 7. The van der Waals surface area contributed by atoms with Crippen LogP contribution < -0.4 is 10.9 Å². The van der Waals surface area contributed by atoms with Gasteiger partial charge in [-0.15, -0.1) is 47.0 Å². The molecule has 2 saturated heterocycles. The zero-order valence-corrected chi connectivity index (χ0v) is 28.3. The molecule has 2 fully saturated rings. The molecule has 0 radical (unpaired) electrons. The van der Waals surface area contributed by atoms with Gasteiger partial charge in [-0.3, -0.25) is 9.59 Å². The van der Waals surface area contributed by atoms with Gasteiger partial charge in [-0.25, -0.2) is 0 Å². The summed E-state index contributed by atoms with van der Waals surface area (Å²) in [6, 6.07) is 8.80. The van der Waals surface area contributed by atoms with Crippen LogP contribution in [0, 0.1) is 0 Å². The van der Waals surface area contributed by atoms with Crippen molar-refractivity contribution in [3.63, 3.8) is 0 Å². The number of hydrogen-bond donors (Lipinski definition) is 6. The van der Waals surface area contributed by atoms with Crippen LogP contribution in [0.2, 0.25) is 0 Å². The Kier molecular flexibility index (Phi) is 6.82. The molecule has 6 N–H and O–H groups in total. The molecule has 2 aliphatic rings. The van der Waals surface area contributed by atoms with Crippen molar-refractivity contribution < 1.29 is 30.6 Å². The minimum Gasteiger partial charge on any atom is -0.507 e. The highest BCUT2D eigenvalue weighted by Crippen LogP contribution is 2.58. The van der Waals surface area contributed by atoms with E-state index in [0.717, 1.165) is 59.1 Å². The fourth-order valence-corrected chi connectivity index (χ4v) is 13.3. The van der Waals surface area contributed by atoms with Crippen molar-refractivity contribution in [3.05, 3.63) is 68.0 Å². The summed E-state index contributed by atoms with van der Waals surface area (Å²) in [7, 11) is 0. The minimum absolute atomic E-state index is 0.0429. The van der Waals surface area contributed by atoms with Crippen LogP contribution in [0.5, 0.6) is 34.5 Å². The zero-order chi connectivity index (χ0) is 33.2. The van der Waals surface area contributed by atoms with E-state index in [4.69, 9.17) is 0 Å². The monoisotopic (exact) mass is 714 g/mol. The number of aromatic hydroxyl groups is 6. The molecule has 12 heteroatoms. The fraction of sp³-hybridized carbons (Fsp3) is 0.222. The van der Waals surface area contributed by atoms with Gasteiger partial charge >= 0.3 is 0 Å². The van der Waals surface area contributed by atoms with Crippen molar-refractivity contribution in [1.29, 1.82) is 0 Å². The summed E-state index contributed by atoms with van der Waals surface area (Å²) in [6.45, 7) is 0. The zero-order valence-electron chi connectivity index (χ0n) is 25.0. The second-order valence-corrected chi connectivity index (χ2v) is 17.7. The molecule has 8 nitrogen and oxygen atoms in total. The highest BCUT2D eigenvalue weighted by molar-refractivity contribution is 8.17. The normalized spacial score (nSPS) is 16.8. The van der Waals surface area contributed by atoms with E-state index in [9.17, 15) is 40.2 Å². The van der Waals surface area contributed by atoms with E-state index in [1.807, 2.05) is 12.1 Å². The average Bonchev–Trinajstić information content (AvgIpc) is 3.07. The first kappa shape index (κ1) is 30.2. The van der Waals surface area contributed by atoms with Crippen molar-refractivity contribution in [2.75, 3.05) is 23.0 Å². The van der Waals surface area contributed by atoms with Crippen LogP contribution >= 0.6 is 47.0 Å². The average molecular weight is 715 g/mol. The van der Waals surface area contributed by atoms with Gasteiger partial charge in [0.25, 0.3) is 0 Å². The van der Waals surface area contributed by atoms with Gasteiger partial charge in [0.1, 0.15) is 34.5 Å². The molecule has 0 bridgehead atoms. The smallest absolute Gasteiger partial charge is 0.190 e. The lowest BCUT2D eigenvalue weighted by atomic mass is 9.82. The Balaban J connectivity index is 1.63. The van der Waals surface area contributed by atoms with Crippen LogP contribution in [-0.2, 0) is 0 Å². The first-order valence-electron chi connectivity index (χ1n) is 15.4. The van der Waals surface area contributed by atoms with Crippen molar-refractivity contribution in [2.24, 2.45) is 0 Å². The van der Waals surface area contributed by atoms with Gasteiger partial charge in [0.05, 0.1) is 30.7 Å². The van der Waals surface area contributed by atoms with E-state index < -0.39 is 45.4 Å². The van der Waals surface area contributed by atoms with E-state index >= 15 is 0 Å². The van der Waals surface area contributed by atoms with E-state index in [1.54, 1.807) is 47.0 Å². The molecule has 9 rings (SSSR count). The van der Waals surface area contributed by atoms with Gasteiger partial charge in [-0.05, 0) is 92.8 Å². The first-order valence-corrected chi connectivity index (χ1v) is 19.6. The summed E-state index contributed by atoms with van der Waals surface area (Å²) < 4.78 is -0.0858. The second kappa shape index (κ2) is 10.8. The SMILES string of the molecule is O=c1cc(C2SCCCS2)cc2c1c(O)c1c(O)cc(O)c3c4c(O)cc(O)c5c(O)c6c(=O)cc(C7SCCCS7)cc6c(c54)c2c13. The Morgan fingerprint density at radius 2 is 0.771 bits per heavy atom. The quantitative estimate of drug-likeness (QED) is 0.0756. The predicted octanol–water partition coefficient (Wildman–Crippen LogP) is 8.17. The Labute approximate surface area is 288 Å². The molecule has 48 heavy (non-hydrogen) atoms. The van der Waals surface area contributed by atoms with Crippen LogP contribution in [0.15, 0.2) is 46.0 Å². The molecule has 2 heterocycles. The maximum atomic E-state index is 14.0. The Hall–Kier alpha value is -3.84. The van der Waals surface area contributed by atoms with Gasteiger partial charge in [-0.1, -0.05) is 0 Å². The lowest BCUT2D eigenvalue weighted by molar-refractivity contribution is 0.450. The molecule has 0 saturated carbocycles. The lowest BCUT2D eigenvalue weighted by Gasteiger charge is -2.24. The lowest BCUT2D eigenvalue weighted by Crippen LogP contribution is -2.08. The molecule has 0 aliphatic carbocycles. The Bertz CT molecular complexity index is 2470. The van der Waals surface area contributed by atoms with Gasteiger partial charge in [0, 0.05) is 33.7 Å². The molecule has 0 aromatic heterocycles. The van der Waals surface area contributed by atoms with Crippen molar-refractivity contribution in [3.8, 4) is 34.5 Å². The minimum atomic E-state index is -0.477. The van der Waals surface area contributed by atoms with E-state index in [2.05, 4.69) is 0 Å². The number of hydrogen-bond acceptors (Lipinski definition) is 12. The van der Waals surface area contributed by atoms with Crippen molar-refractivity contribution in [2.45, 2.75) is 22.0 Å². The second-order valence-electron chi connectivity index (χ2n) is 12.3. The maximum absolute atomic E-state index is 14.0. The molecular weight excluding hydrogens is 689 g/mol. The number of fused-ring (bicyclic) bond motifs is 6. The van der Waals surface area contributed by atoms with Crippen molar-refractivity contribution in [1.82, 2.24) is 0 Å². The maximum Gasteiger partial charge on any atom is 0.190 e. The molecule has 7 aromatic carbocycles. The van der Waals surface area contributed by atoms with Crippen LogP contribution in [0.25, 0.3) is 64.6 Å². The van der Waals surface area contributed by atoms with Gasteiger partial charge in [0.2, 0.25) is 0 Å². The van der Waals surface area contributed by atoms with Gasteiger partial charge in [0.15, 0.2) is 10.9 Å². The molecule has 7 aromatic rings. The van der Waals surface area contributed by atoms with E-state index in [0.29, 0.717) is 21.5 Å². The highest BCUT2D eigenvalue weighted by atomic mass is 32.2. The molecule has 0 unspecified atom stereocenters. The molecule has 2 aliphatic heterocycles. The molecule has 242 valence electrons. The van der Waals surface area contributed by atoms with Gasteiger partial charge in [-0.2, -0.15) is 0 Å². The summed E-state index contributed by atoms with van der Waals surface area (Å²) in [5.41, 5.74) is 0.575. The third-order valence-electron chi connectivity index (χ3n) is 9.50. The first-order chi connectivity index (χ1) is 23.2. The Morgan fingerprint density at radius 1 is 0.417 bits per heavy atom. The van der Waals surface area contributed by atoms with Crippen LogP contribution in [0.1, 0.15) is 33.1 Å². The summed E-state index contributed by atoms with van der Waals surface area (Å²) in [6.07, 6.45) is 2.09. The third-order valence-corrected chi connectivity index (χ3v) is 15.5. The number of phenols is 6. The van der Waals surface area contributed by atoms with Crippen LogP contribution in [0.4, 0.5) is 0 Å². The summed E-state index contributed by atoms with van der Waals surface area (Å²) in [4.78, 5) is 28.0.